The molecule has 1 saturated heterocycles. The van der Waals surface area contributed by atoms with E-state index in [9.17, 15) is 5.11 Å². The van der Waals surface area contributed by atoms with Crippen molar-refractivity contribution in [2.75, 3.05) is 18.1 Å². The van der Waals surface area contributed by atoms with Gasteiger partial charge >= 0.3 is 0 Å². The number of aromatic amines is 1. The summed E-state index contributed by atoms with van der Waals surface area (Å²) in [4.78, 5) is 1.07. The minimum Gasteiger partial charge on any atom is -0.367 e. The van der Waals surface area contributed by atoms with Gasteiger partial charge in [-0.1, -0.05) is 35.7 Å². The third kappa shape index (κ3) is 3.80. The summed E-state index contributed by atoms with van der Waals surface area (Å²) in [6.07, 6.45) is 2.42. The highest BCUT2D eigenvalue weighted by Gasteiger charge is 2.30. The van der Waals surface area contributed by atoms with Crippen LogP contribution in [0.3, 0.4) is 0 Å². The van der Waals surface area contributed by atoms with Crippen molar-refractivity contribution in [3.8, 4) is 10.6 Å². The fourth-order valence-corrected chi connectivity index (χ4v) is 4.90. The van der Waals surface area contributed by atoms with Crippen LogP contribution in [0.2, 0.25) is 10.0 Å². The molecule has 3 heterocycles. The van der Waals surface area contributed by atoms with Gasteiger partial charge < -0.3 is 5.11 Å². The second-order valence-electron chi connectivity index (χ2n) is 6.92. The van der Waals surface area contributed by atoms with E-state index in [1.54, 1.807) is 23.5 Å². The monoisotopic (exact) mass is 436 g/mol. The molecule has 2 N–H and O–H groups in total. The summed E-state index contributed by atoms with van der Waals surface area (Å²) < 4.78 is 0. The first kappa shape index (κ1) is 19.7. The molecule has 0 bridgehead atoms. The summed E-state index contributed by atoms with van der Waals surface area (Å²) >= 11 is 14.2. The number of nitrogens with zero attached hydrogens (tertiary/aromatic N) is 3. The van der Waals surface area contributed by atoms with E-state index in [4.69, 9.17) is 23.2 Å². The van der Waals surface area contributed by atoms with Gasteiger partial charge in [0.05, 0.1) is 21.3 Å². The van der Waals surface area contributed by atoms with Crippen LogP contribution in [0.25, 0.3) is 10.6 Å². The summed E-state index contributed by atoms with van der Waals surface area (Å²) in [6, 6.07) is 9.39. The summed E-state index contributed by atoms with van der Waals surface area (Å²) in [5.74, 6) is 0. The number of halogens is 2. The van der Waals surface area contributed by atoms with E-state index in [-0.39, 0.29) is 0 Å². The van der Waals surface area contributed by atoms with E-state index in [0.717, 1.165) is 47.8 Å². The number of anilines is 1. The van der Waals surface area contributed by atoms with Gasteiger partial charge in [0.1, 0.15) is 5.69 Å². The molecule has 3 aromatic rings. The van der Waals surface area contributed by atoms with E-state index < -0.39 is 6.23 Å². The van der Waals surface area contributed by atoms with Gasteiger partial charge in [-0.2, -0.15) is 5.10 Å². The van der Waals surface area contributed by atoms with Crippen LogP contribution in [0, 0.1) is 6.92 Å². The number of hydrazine groups is 1. The van der Waals surface area contributed by atoms with Crippen LogP contribution in [0.15, 0.2) is 35.7 Å². The molecule has 28 heavy (non-hydrogen) atoms. The average Bonchev–Trinajstić information content (AvgIpc) is 3.34. The van der Waals surface area contributed by atoms with Crippen LogP contribution in [-0.4, -0.2) is 33.4 Å². The molecular weight excluding hydrogens is 415 g/mol. The lowest BCUT2D eigenvalue weighted by Crippen LogP contribution is -2.48. The zero-order valence-corrected chi connectivity index (χ0v) is 17.9. The predicted octanol–water partition coefficient (Wildman–Crippen LogP) is 5.65. The number of rotatable bonds is 5. The Morgan fingerprint density at radius 2 is 2.00 bits per heavy atom. The molecule has 1 atom stereocenters. The second-order valence-corrected chi connectivity index (χ2v) is 8.71. The molecule has 0 amide bonds. The maximum atomic E-state index is 11.4. The van der Waals surface area contributed by atoms with Crippen LogP contribution in [-0.2, 0) is 0 Å². The first-order valence-corrected chi connectivity index (χ1v) is 11.0. The average molecular weight is 437 g/mol. The van der Waals surface area contributed by atoms with Crippen molar-refractivity contribution in [3.63, 3.8) is 0 Å². The Hall–Kier alpha value is -1.57. The zero-order valence-electron chi connectivity index (χ0n) is 15.5. The normalized spacial score (nSPS) is 16.3. The van der Waals surface area contributed by atoms with Crippen molar-refractivity contribution in [1.82, 2.24) is 15.2 Å². The second kappa shape index (κ2) is 8.43. The number of aliphatic hydroxyl groups excluding tert-OH is 1. The largest absolute Gasteiger partial charge is 0.367 e. The van der Waals surface area contributed by atoms with Gasteiger partial charge in [0, 0.05) is 23.7 Å². The molecule has 1 aromatic carbocycles. The van der Waals surface area contributed by atoms with Gasteiger partial charge in [-0.05, 0) is 49.4 Å². The first-order valence-electron chi connectivity index (χ1n) is 9.32. The molecular formula is C20H22Cl2N4OS. The molecule has 148 valence electrons. The SMILES string of the molecule is Cc1c(-c2cccs2)n[nH]c1C(O)N(c1ccc(Cl)cc1Cl)N1CCCCC1. The molecule has 8 heteroatoms. The maximum absolute atomic E-state index is 11.4. The molecule has 0 radical (unpaired) electrons. The molecule has 0 aliphatic carbocycles. The van der Waals surface area contributed by atoms with Crippen molar-refractivity contribution < 1.29 is 5.11 Å². The van der Waals surface area contributed by atoms with Crippen LogP contribution < -0.4 is 5.01 Å². The Bertz CT molecular complexity index is 938. The van der Waals surface area contributed by atoms with Crippen molar-refractivity contribution in [1.29, 1.82) is 0 Å². The van der Waals surface area contributed by atoms with Gasteiger partial charge in [-0.15, -0.1) is 11.3 Å². The van der Waals surface area contributed by atoms with Crippen molar-refractivity contribution in [3.05, 3.63) is 57.0 Å². The quantitative estimate of drug-likeness (QED) is 0.507. The van der Waals surface area contributed by atoms with Crippen LogP contribution >= 0.6 is 34.5 Å². The molecule has 1 aliphatic heterocycles. The van der Waals surface area contributed by atoms with E-state index in [1.807, 2.05) is 35.5 Å². The van der Waals surface area contributed by atoms with E-state index >= 15 is 0 Å². The highest BCUT2D eigenvalue weighted by molar-refractivity contribution is 7.13. The number of nitrogens with one attached hydrogen (secondary N) is 1. The molecule has 0 spiro atoms. The minimum atomic E-state index is -0.932. The summed E-state index contributed by atoms with van der Waals surface area (Å²) in [5, 5.41) is 26.0. The Balaban J connectivity index is 1.74. The fourth-order valence-electron chi connectivity index (χ4n) is 3.64. The maximum Gasteiger partial charge on any atom is 0.184 e. The number of H-pyrrole nitrogens is 1. The molecule has 4 rings (SSSR count). The Labute approximate surface area is 178 Å². The van der Waals surface area contributed by atoms with Crippen molar-refractivity contribution in [2.45, 2.75) is 32.4 Å². The van der Waals surface area contributed by atoms with E-state index in [0.29, 0.717) is 15.7 Å². The molecule has 0 saturated carbocycles. The van der Waals surface area contributed by atoms with Crippen LogP contribution in [0.4, 0.5) is 5.69 Å². The molecule has 2 aromatic heterocycles. The summed E-state index contributed by atoms with van der Waals surface area (Å²) in [7, 11) is 0. The molecule has 1 aliphatic rings. The minimum absolute atomic E-state index is 0.507. The number of hydrogen-bond acceptors (Lipinski definition) is 5. The Kier molecular flexibility index (Phi) is 5.94. The fraction of sp³-hybridized carbons (Fsp3) is 0.350. The van der Waals surface area contributed by atoms with Crippen LogP contribution in [0.5, 0.6) is 0 Å². The number of thiophene rings is 1. The number of hydrogen-bond donors (Lipinski definition) is 2. The molecule has 5 nitrogen and oxygen atoms in total. The smallest absolute Gasteiger partial charge is 0.184 e. The van der Waals surface area contributed by atoms with Gasteiger partial charge in [-0.3, -0.25) is 10.1 Å². The predicted molar refractivity (Wildman–Crippen MR) is 116 cm³/mol. The topological polar surface area (TPSA) is 55.4 Å². The van der Waals surface area contributed by atoms with Gasteiger partial charge in [0.15, 0.2) is 6.23 Å². The van der Waals surface area contributed by atoms with Gasteiger partial charge in [0.2, 0.25) is 0 Å². The van der Waals surface area contributed by atoms with Crippen molar-refractivity contribution in [2.24, 2.45) is 0 Å². The van der Waals surface area contributed by atoms with Crippen LogP contribution in [0.1, 0.15) is 36.7 Å². The molecule has 1 fully saturated rings. The standard InChI is InChI=1S/C20H22Cl2N4OS/c1-13-18(17-6-5-11-28-17)23-24-19(13)20(27)26(25-9-3-2-4-10-25)16-8-7-14(21)12-15(16)22/h5-8,11-12,20,27H,2-4,9-10H2,1H3,(H,23,24). The Morgan fingerprint density at radius 3 is 2.68 bits per heavy atom. The number of piperidine rings is 1. The number of aliphatic hydroxyl groups is 1. The third-order valence-corrected chi connectivity index (χ3v) is 6.50. The summed E-state index contributed by atoms with van der Waals surface area (Å²) in [6.45, 7) is 3.71. The van der Waals surface area contributed by atoms with E-state index in [1.165, 1.54) is 6.42 Å². The van der Waals surface area contributed by atoms with Crippen molar-refractivity contribution >= 4 is 40.2 Å². The highest BCUT2D eigenvalue weighted by atomic mass is 35.5. The van der Waals surface area contributed by atoms with E-state index in [2.05, 4.69) is 15.2 Å². The van der Waals surface area contributed by atoms with Gasteiger partial charge in [0.25, 0.3) is 0 Å². The number of aromatic nitrogens is 2. The lowest BCUT2D eigenvalue weighted by Gasteiger charge is -2.41. The molecule has 1 unspecified atom stereocenters. The third-order valence-electron chi connectivity index (χ3n) is 5.09. The lowest BCUT2D eigenvalue weighted by molar-refractivity contribution is 0.0733. The van der Waals surface area contributed by atoms with Gasteiger partial charge in [-0.25, -0.2) is 5.01 Å². The highest BCUT2D eigenvalue weighted by Crippen LogP contribution is 2.37. The summed E-state index contributed by atoms with van der Waals surface area (Å²) in [5.41, 5.74) is 3.19. The number of benzene rings is 1. The lowest BCUT2D eigenvalue weighted by atomic mass is 10.1. The Morgan fingerprint density at radius 1 is 1.21 bits per heavy atom. The zero-order chi connectivity index (χ0) is 19.7. The first-order chi connectivity index (χ1) is 13.6.